The molecule has 0 spiro atoms. The van der Waals surface area contributed by atoms with E-state index in [9.17, 15) is 10.1 Å². The first-order chi connectivity index (χ1) is 15.7. The van der Waals surface area contributed by atoms with Crippen LogP contribution >= 0.6 is 0 Å². The van der Waals surface area contributed by atoms with Crippen LogP contribution in [0.1, 0.15) is 36.3 Å². The Balaban J connectivity index is 1.61. The number of para-hydroxylation sites is 1. The average Bonchev–Trinajstić information content (AvgIpc) is 3.23. The van der Waals surface area contributed by atoms with Crippen LogP contribution in [0, 0.1) is 10.1 Å². The Hall–Kier alpha value is -3.60. The molecule has 1 unspecified atom stereocenters. The van der Waals surface area contributed by atoms with E-state index >= 15 is 0 Å². The fourth-order valence-electron chi connectivity index (χ4n) is 4.94. The van der Waals surface area contributed by atoms with Crippen LogP contribution < -0.4 is 4.90 Å². The predicted octanol–water partition coefficient (Wildman–Crippen LogP) is 6.23. The number of H-pyrrole nitrogens is 1. The molecule has 1 aliphatic heterocycles. The Morgan fingerprint density at radius 3 is 2.28 bits per heavy atom. The average molecular weight is 426 g/mol. The number of benzene rings is 3. The standard InChI is InChI=1S/C27H27N3O2/c31-30(32)19-24(20-13-15-22(16-14-20)29-17-7-2-8-18-29)26-23-11-5-6-12-25(23)28-27(26)21-9-3-1-4-10-21/h1,3-6,9-16,24,28H,2,7-8,17-19H2. The first kappa shape index (κ1) is 20.3. The van der Waals surface area contributed by atoms with Crippen LogP contribution in [0.4, 0.5) is 5.69 Å². The lowest BCUT2D eigenvalue weighted by atomic mass is 9.87. The van der Waals surface area contributed by atoms with Gasteiger partial charge in [0.2, 0.25) is 6.54 Å². The Morgan fingerprint density at radius 1 is 0.875 bits per heavy atom. The van der Waals surface area contributed by atoms with Gasteiger partial charge in [-0.2, -0.15) is 0 Å². The molecule has 1 N–H and O–H groups in total. The van der Waals surface area contributed by atoms with Gasteiger partial charge < -0.3 is 9.88 Å². The third kappa shape index (κ3) is 3.98. The zero-order chi connectivity index (χ0) is 21.9. The molecule has 4 aromatic rings. The summed E-state index contributed by atoms with van der Waals surface area (Å²) in [5, 5.41) is 12.8. The Morgan fingerprint density at radius 2 is 1.56 bits per heavy atom. The molecule has 3 aromatic carbocycles. The van der Waals surface area contributed by atoms with Gasteiger partial charge in [-0.3, -0.25) is 10.1 Å². The lowest BCUT2D eigenvalue weighted by molar-refractivity contribution is -0.481. The van der Waals surface area contributed by atoms with Crippen molar-refractivity contribution in [2.24, 2.45) is 0 Å². The quantitative estimate of drug-likeness (QED) is 0.294. The molecule has 1 saturated heterocycles. The maximum absolute atomic E-state index is 11.8. The molecule has 0 saturated carbocycles. The summed E-state index contributed by atoms with van der Waals surface area (Å²) < 4.78 is 0. The second kappa shape index (κ2) is 8.87. The SMILES string of the molecule is O=[N+]([O-])CC(c1ccc(N2CCCCC2)cc1)c1c(-c2ccccc2)[nH]c2ccccc12. The zero-order valence-electron chi connectivity index (χ0n) is 18.0. The predicted molar refractivity (Wildman–Crippen MR) is 130 cm³/mol. The lowest BCUT2D eigenvalue weighted by Gasteiger charge is -2.29. The normalized spacial score (nSPS) is 15.1. The summed E-state index contributed by atoms with van der Waals surface area (Å²) in [6, 6.07) is 26.6. The van der Waals surface area contributed by atoms with Gasteiger partial charge in [-0.05, 0) is 54.2 Å². The molecule has 162 valence electrons. The highest BCUT2D eigenvalue weighted by atomic mass is 16.6. The van der Waals surface area contributed by atoms with Crippen molar-refractivity contribution >= 4 is 16.6 Å². The zero-order valence-corrected chi connectivity index (χ0v) is 18.0. The van der Waals surface area contributed by atoms with E-state index < -0.39 is 0 Å². The Bertz CT molecular complexity index is 1210. The van der Waals surface area contributed by atoms with E-state index in [0.717, 1.165) is 46.4 Å². The first-order valence-electron chi connectivity index (χ1n) is 11.3. The van der Waals surface area contributed by atoms with Gasteiger partial charge in [-0.25, -0.2) is 0 Å². The van der Waals surface area contributed by atoms with Crippen molar-refractivity contribution in [2.45, 2.75) is 25.2 Å². The van der Waals surface area contributed by atoms with E-state index in [4.69, 9.17) is 0 Å². The van der Waals surface area contributed by atoms with Gasteiger partial charge >= 0.3 is 0 Å². The second-order valence-corrected chi connectivity index (χ2v) is 8.53. The minimum absolute atomic E-state index is 0.148. The van der Waals surface area contributed by atoms with E-state index in [1.165, 1.54) is 24.9 Å². The molecule has 2 heterocycles. The molecule has 1 aromatic heterocycles. The van der Waals surface area contributed by atoms with Crippen molar-refractivity contribution in [1.29, 1.82) is 0 Å². The lowest BCUT2D eigenvalue weighted by Crippen LogP contribution is -2.29. The highest BCUT2D eigenvalue weighted by molar-refractivity contribution is 5.92. The molecule has 0 aliphatic carbocycles. The molecule has 5 nitrogen and oxygen atoms in total. The topological polar surface area (TPSA) is 62.2 Å². The molecule has 0 radical (unpaired) electrons. The second-order valence-electron chi connectivity index (χ2n) is 8.53. The maximum Gasteiger partial charge on any atom is 0.214 e. The van der Waals surface area contributed by atoms with Gasteiger partial charge in [-0.1, -0.05) is 60.7 Å². The summed E-state index contributed by atoms with van der Waals surface area (Å²) >= 11 is 0. The fraction of sp³-hybridized carbons (Fsp3) is 0.259. The molecular formula is C27H27N3O2. The van der Waals surface area contributed by atoms with Gasteiger partial charge in [0.1, 0.15) is 0 Å². The van der Waals surface area contributed by atoms with E-state index in [2.05, 4.69) is 52.3 Å². The van der Waals surface area contributed by atoms with Crippen molar-refractivity contribution in [1.82, 2.24) is 4.98 Å². The minimum atomic E-state index is -0.341. The van der Waals surface area contributed by atoms with Crippen molar-refractivity contribution in [3.63, 3.8) is 0 Å². The number of rotatable bonds is 6. The van der Waals surface area contributed by atoms with E-state index in [1.807, 2.05) is 36.4 Å². The fourth-order valence-corrected chi connectivity index (χ4v) is 4.94. The van der Waals surface area contributed by atoms with Gasteiger partial charge in [0.25, 0.3) is 0 Å². The third-order valence-electron chi connectivity index (χ3n) is 6.51. The summed E-state index contributed by atoms with van der Waals surface area (Å²) in [7, 11) is 0. The molecule has 5 rings (SSSR count). The number of nitrogens with one attached hydrogen (secondary N) is 1. The molecular weight excluding hydrogens is 398 g/mol. The van der Waals surface area contributed by atoms with Crippen LogP contribution in [-0.2, 0) is 0 Å². The summed E-state index contributed by atoms with van der Waals surface area (Å²) in [6.07, 6.45) is 3.74. The number of anilines is 1. The molecule has 0 bridgehead atoms. The van der Waals surface area contributed by atoms with E-state index in [0.29, 0.717) is 0 Å². The Labute approximate surface area is 187 Å². The molecule has 0 amide bonds. The monoisotopic (exact) mass is 425 g/mol. The Kier molecular flexibility index (Phi) is 5.63. The van der Waals surface area contributed by atoms with Crippen LogP contribution in [0.25, 0.3) is 22.2 Å². The molecule has 5 heteroatoms. The highest BCUT2D eigenvalue weighted by Gasteiger charge is 2.27. The van der Waals surface area contributed by atoms with Crippen molar-refractivity contribution < 1.29 is 4.92 Å². The van der Waals surface area contributed by atoms with Gasteiger partial charge in [0, 0.05) is 34.6 Å². The maximum atomic E-state index is 11.8. The molecule has 1 aliphatic rings. The van der Waals surface area contributed by atoms with Crippen LogP contribution in [0.3, 0.4) is 0 Å². The van der Waals surface area contributed by atoms with Crippen molar-refractivity contribution in [2.75, 3.05) is 24.5 Å². The first-order valence-corrected chi connectivity index (χ1v) is 11.3. The van der Waals surface area contributed by atoms with Crippen LogP contribution in [0.5, 0.6) is 0 Å². The number of fused-ring (bicyclic) bond motifs is 1. The highest BCUT2D eigenvalue weighted by Crippen LogP contribution is 2.39. The molecule has 1 fully saturated rings. The number of nitro groups is 1. The number of piperidine rings is 1. The molecule has 32 heavy (non-hydrogen) atoms. The van der Waals surface area contributed by atoms with Gasteiger partial charge in [-0.15, -0.1) is 0 Å². The third-order valence-corrected chi connectivity index (χ3v) is 6.51. The largest absolute Gasteiger partial charge is 0.372 e. The molecule has 1 atom stereocenters. The number of aromatic nitrogens is 1. The number of aromatic amines is 1. The van der Waals surface area contributed by atoms with Crippen LogP contribution in [-0.4, -0.2) is 29.5 Å². The van der Waals surface area contributed by atoms with E-state index in [1.54, 1.807) is 0 Å². The van der Waals surface area contributed by atoms with Crippen LogP contribution in [0.15, 0.2) is 78.9 Å². The minimum Gasteiger partial charge on any atom is -0.372 e. The summed E-state index contributed by atoms with van der Waals surface area (Å²) in [5.41, 5.74) is 6.17. The summed E-state index contributed by atoms with van der Waals surface area (Å²) in [4.78, 5) is 17.5. The number of nitrogens with zero attached hydrogens (tertiary/aromatic N) is 2. The smallest absolute Gasteiger partial charge is 0.214 e. The number of hydrogen-bond acceptors (Lipinski definition) is 3. The summed E-state index contributed by atoms with van der Waals surface area (Å²) in [6.45, 7) is 2.02. The summed E-state index contributed by atoms with van der Waals surface area (Å²) in [5.74, 6) is -0.341. The van der Waals surface area contributed by atoms with E-state index in [-0.39, 0.29) is 17.4 Å². The van der Waals surface area contributed by atoms with Gasteiger partial charge in [0.15, 0.2) is 0 Å². The number of hydrogen-bond donors (Lipinski definition) is 1. The van der Waals surface area contributed by atoms with Crippen LogP contribution in [0.2, 0.25) is 0 Å². The van der Waals surface area contributed by atoms with Gasteiger partial charge in [0.05, 0.1) is 11.6 Å². The van der Waals surface area contributed by atoms with Crippen molar-refractivity contribution in [3.8, 4) is 11.3 Å². The van der Waals surface area contributed by atoms with Crippen molar-refractivity contribution in [3.05, 3.63) is 100 Å².